The van der Waals surface area contributed by atoms with Gasteiger partial charge in [0.25, 0.3) is 5.91 Å². The quantitative estimate of drug-likeness (QED) is 0.789. The minimum atomic E-state index is -0.383. The first-order chi connectivity index (χ1) is 8.84. The number of nitrogens with one attached hydrogen (secondary N) is 1. The van der Waals surface area contributed by atoms with Crippen LogP contribution in [0.2, 0.25) is 0 Å². The Labute approximate surface area is 119 Å². The number of benzene rings is 1. The molecule has 0 heterocycles. The second-order valence-corrected chi connectivity index (χ2v) is 6.03. The second-order valence-electron chi connectivity index (χ2n) is 5.66. The van der Waals surface area contributed by atoms with Gasteiger partial charge in [-0.2, -0.15) is 0 Å². The minimum absolute atomic E-state index is 0.00702. The Morgan fingerprint density at radius 2 is 2.05 bits per heavy atom. The normalized spacial score (nSPS) is 11.4. The van der Waals surface area contributed by atoms with Crippen LogP contribution in [0, 0.1) is 18.2 Å². The molecule has 4 heteroatoms. The minimum Gasteiger partial charge on any atom is -0.352 e. The summed E-state index contributed by atoms with van der Waals surface area (Å²) in [5.74, 6) is 0.00796. The summed E-state index contributed by atoms with van der Waals surface area (Å²) >= 11 is 5.67. The van der Waals surface area contributed by atoms with Gasteiger partial charge < -0.3 is 5.32 Å². The first kappa shape index (κ1) is 16.0. The Hall–Kier alpha value is -1.09. The SMILES string of the molecule is Cc1cc(F)cc(C(=O)NCC(C)(C)CCCCl)c1. The first-order valence-corrected chi connectivity index (χ1v) is 6.99. The van der Waals surface area contributed by atoms with Gasteiger partial charge in [0.15, 0.2) is 0 Å². The lowest BCUT2D eigenvalue weighted by atomic mass is 9.88. The molecule has 0 bridgehead atoms. The highest BCUT2D eigenvalue weighted by Crippen LogP contribution is 2.21. The van der Waals surface area contributed by atoms with Crippen molar-refractivity contribution in [3.8, 4) is 0 Å². The van der Waals surface area contributed by atoms with Crippen LogP contribution < -0.4 is 5.32 Å². The van der Waals surface area contributed by atoms with E-state index in [9.17, 15) is 9.18 Å². The zero-order valence-corrected chi connectivity index (χ0v) is 12.5. The molecule has 0 aliphatic rings. The monoisotopic (exact) mass is 285 g/mol. The van der Waals surface area contributed by atoms with Crippen molar-refractivity contribution in [3.05, 3.63) is 35.1 Å². The fourth-order valence-corrected chi connectivity index (χ4v) is 2.06. The Balaban J connectivity index is 2.60. The summed E-state index contributed by atoms with van der Waals surface area (Å²) < 4.78 is 13.2. The van der Waals surface area contributed by atoms with E-state index in [4.69, 9.17) is 11.6 Å². The largest absolute Gasteiger partial charge is 0.352 e. The van der Waals surface area contributed by atoms with E-state index < -0.39 is 0 Å². The third-order valence-corrected chi connectivity index (χ3v) is 3.29. The zero-order chi connectivity index (χ0) is 14.5. The Morgan fingerprint density at radius 1 is 1.37 bits per heavy atom. The molecular formula is C15H21ClFNO. The molecule has 1 rings (SSSR count). The molecule has 1 N–H and O–H groups in total. The third-order valence-electron chi connectivity index (χ3n) is 3.02. The average molecular weight is 286 g/mol. The highest BCUT2D eigenvalue weighted by molar-refractivity contribution is 6.17. The number of amides is 1. The van der Waals surface area contributed by atoms with Crippen LogP contribution in [0.25, 0.3) is 0 Å². The van der Waals surface area contributed by atoms with Gasteiger partial charge in [-0.05, 0) is 48.9 Å². The summed E-state index contributed by atoms with van der Waals surface area (Å²) in [6.07, 6.45) is 1.86. The van der Waals surface area contributed by atoms with Gasteiger partial charge in [0.2, 0.25) is 0 Å². The van der Waals surface area contributed by atoms with Gasteiger partial charge in [0.05, 0.1) is 0 Å². The smallest absolute Gasteiger partial charge is 0.251 e. The fraction of sp³-hybridized carbons (Fsp3) is 0.533. The van der Waals surface area contributed by atoms with Crippen molar-refractivity contribution < 1.29 is 9.18 Å². The topological polar surface area (TPSA) is 29.1 Å². The van der Waals surface area contributed by atoms with Crippen LogP contribution in [0.1, 0.15) is 42.6 Å². The molecule has 106 valence electrons. The molecule has 1 amide bonds. The van der Waals surface area contributed by atoms with Crippen molar-refractivity contribution in [2.75, 3.05) is 12.4 Å². The summed E-state index contributed by atoms with van der Waals surface area (Å²) in [6, 6.07) is 4.35. The van der Waals surface area contributed by atoms with E-state index in [0.29, 0.717) is 18.0 Å². The summed E-state index contributed by atoms with van der Waals surface area (Å²) in [7, 11) is 0. The van der Waals surface area contributed by atoms with Crippen LogP contribution in [0.3, 0.4) is 0 Å². The molecule has 0 fully saturated rings. The highest BCUT2D eigenvalue weighted by Gasteiger charge is 2.19. The molecule has 0 aliphatic carbocycles. The molecule has 0 saturated carbocycles. The van der Waals surface area contributed by atoms with E-state index in [1.807, 2.05) is 0 Å². The summed E-state index contributed by atoms with van der Waals surface area (Å²) in [4.78, 5) is 12.0. The molecule has 1 aromatic carbocycles. The molecule has 0 radical (unpaired) electrons. The molecule has 0 spiro atoms. The lowest BCUT2D eigenvalue weighted by Crippen LogP contribution is -2.34. The van der Waals surface area contributed by atoms with E-state index >= 15 is 0 Å². The van der Waals surface area contributed by atoms with Crippen LogP contribution in [-0.2, 0) is 0 Å². The van der Waals surface area contributed by atoms with Crippen molar-refractivity contribution in [2.24, 2.45) is 5.41 Å². The van der Waals surface area contributed by atoms with Gasteiger partial charge in [0, 0.05) is 18.0 Å². The average Bonchev–Trinajstić information content (AvgIpc) is 2.32. The molecule has 2 nitrogen and oxygen atoms in total. The molecule has 0 aromatic heterocycles. The van der Waals surface area contributed by atoms with Gasteiger partial charge in [-0.1, -0.05) is 13.8 Å². The highest BCUT2D eigenvalue weighted by atomic mass is 35.5. The summed E-state index contributed by atoms with van der Waals surface area (Å²) in [6.45, 7) is 6.48. The second kappa shape index (κ2) is 6.90. The summed E-state index contributed by atoms with van der Waals surface area (Å²) in [5, 5.41) is 2.85. The van der Waals surface area contributed by atoms with E-state index in [1.54, 1.807) is 13.0 Å². The van der Waals surface area contributed by atoms with E-state index in [-0.39, 0.29) is 17.1 Å². The third kappa shape index (κ3) is 5.60. The van der Waals surface area contributed by atoms with Gasteiger partial charge in [0.1, 0.15) is 5.82 Å². The number of rotatable bonds is 6. The molecule has 0 aliphatic heterocycles. The standard InChI is InChI=1S/C15H21ClFNO/c1-11-7-12(9-13(17)8-11)14(19)18-10-15(2,3)5-4-6-16/h7-9H,4-6,10H2,1-3H3,(H,18,19). The van der Waals surface area contributed by atoms with Crippen LogP contribution >= 0.6 is 11.6 Å². The molecule has 0 saturated heterocycles. The lowest BCUT2D eigenvalue weighted by molar-refractivity contribution is 0.0934. The Bertz CT molecular complexity index is 426. The lowest BCUT2D eigenvalue weighted by Gasteiger charge is -2.24. The van der Waals surface area contributed by atoms with E-state index in [1.165, 1.54) is 12.1 Å². The number of hydrogen-bond acceptors (Lipinski definition) is 1. The molecule has 19 heavy (non-hydrogen) atoms. The maximum absolute atomic E-state index is 13.2. The van der Waals surface area contributed by atoms with Crippen molar-refractivity contribution in [1.82, 2.24) is 5.32 Å². The van der Waals surface area contributed by atoms with Gasteiger partial charge in [-0.25, -0.2) is 4.39 Å². The molecule has 1 aromatic rings. The zero-order valence-electron chi connectivity index (χ0n) is 11.7. The first-order valence-electron chi connectivity index (χ1n) is 6.45. The number of halogens is 2. The van der Waals surface area contributed by atoms with Crippen LogP contribution in [0.15, 0.2) is 18.2 Å². The molecular weight excluding hydrogens is 265 g/mol. The van der Waals surface area contributed by atoms with Crippen LogP contribution in [0.4, 0.5) is 4.39 Å². The molecule has 0 atom stereocenters. The number of carbonyl (C=O) groups excluding carboxylic acids is 1. The Kier molecular flexibility index (Phi) is 5.80. The number of aryl methyl sites for hydroxylation is 1. The van der Waals surface area contributed by atoms with Crippen molar-refractivity contribution >= 4 is 17.5 Å². The van der Waals surface area contributed by atoms with Crippen molar-refractivity contribution in [1.29, 1.82) is 0 Å². The predicted molar refractivity (Wildman–Crippen MR) is 77.2 cm³/mol. The number of carbonyl (C=O) groups is 1. The number of alkyl halides is 1. The Morgan fingerprint density at radius 3 is 2.63 bits per heavy atom. The maximum atomic E-state index is 13.2. The van der Waals surface area contributed by atoms with Crippen molar-refractivity contribution in [2.45, 2.75) is 33.6 Å². The predicted octanol–water partition coefficient (Wildman–Crippen LogP) is 3.91. The van der Waals surface area contributed by atoms with Crippen LogP contribution in [0.5, 0.6) is 0 Å². The summed E-state index contributed by atoms with van der Waals surface area (Å²) in [5.41, 5.74) is 1.10. The van der Waals surface area contributed by atoms with Gasteiger partial charge in [-0.3, -0.25) is 4.79 Å². The molecule has 0 unspecified atom stereocenters. The number of hydrogen-bond donors (Lipinski definition) is 1. The van der Waals surface area contributed by atoms with Gasteiger partial charge in [-0.15, -0.1) is 11.6 Å². The van der Waals surface area contributed by atoms with Crippen molar-refractivity contribution in [3.63, 3.8) is 0 Å². The fourth-order valence-electron chi connectivity index (χ4n) is 1.92. The maximum Gasteiger partial charge on any atom is 0.251 e. The van der Waals surface area contributed by atoms with Gasteiger partial charge >= 0.3 is 0 Å². The van der Waals surface area contributed by atoms with E-state index in [0.717, 1.165) is 18.4 Å². The van der Waals surface area contributed by atoms with E-state index in [2.05, 4.69) is 19.2 Å². The van der Waals surface area contributed by atoms with Crippen LogP contribution in [-0.4, -0.2) is 18.3 Å².